The van der Waals surface area contributed by atoms with Crippen molar-refractivity contribution in [2.24, 2.45) is 0 Å². The third-order valence-corrected chi connectivity index (χ3v) is 3.91. The molecule has 0 saturated heterocycles. The Bertz CT molecular complexity index is 482. The molecule has 0 bridgehead atoms. The average molecular weight is 288 g/mol. The molecule has 20 heavy (non-hydrogen) atoms. The maximum absolute atomic E-state index is 8.86. The summed E-state index contributed by atoms with van der Waals surface area (Å²) in [5.41, 5.74) is 2.39. The number of aliphatic hydroxyl groups is 1. The molecule has 0 unspecified atom stereocenters. The fourth-order valence-electron chi connectivity index (χ4n) is 1.86. The van der Waals surface area contributed by atoms with Crippen LogP contribution in [0.15, 0.2) is 59.5 Å². The smallest absolute Gasteiger partial charge is 0.0717 e. The second kappa shape index (κ2) is 8.80. The molecule has 0 saturated carbocycles. The molecule has 0 heterocycles. The molecule has 2 nitrogen and oxygen atoms in total. The summed E-state index contributed by atoms with van der Waals surface area (Å²) in [5.74, 6) is 0.951. The fraction of sp³-hybridized carbons (Fsp3) is 0.294. The van der Waals surface area contributed by atoms with Crippen molar-refractivity contribution >= 4 is 11.8 Å². The van der Waals surface area contributed by atoms with E-state index in [0.29, 0.717) is 6.61 Å². The molecular weight excluding hydrogens is 268 g/mol. The third kappa shape index (κ3) is 5.37. The van der Waals surface area contributed by atoms with Crippen LogP contribution in [-0.2, 0) is 17.8 Å². The number of aliphatic hydroxyl groups excluding tert-OH is 1. The molecule has 0 amide bonds. The van der Waals surface area contributed by atoms with Crippen molar-refractivity contribution in [1.82, 2.24) is 0 Å². The Morgan fingerprint density at radius 3 is 2.35 bits per heavy atom. The molecule has 0 aliphatic carbocycles. The van der Waals surface area contributed by atoms with Crippen LogP contribution in [0.2, 0.25) is 0 Å². The summed E-state index contributed by atoms with van der Waals surface area (Å²) in [4.78, 5) is 1.25. The van der Waals surface area contributed by atoms with Gasteiger partial charge in [0.15, 0.2) is 0 Å². The van der Waals surface area contributed by atoms with Gasteiger partial charge in [-0.1, -0.05) is 42.5 Å². The van der Waals surface area contributed by atoms with E-state index in [4.69, 9.17) is 9.84 Å². The number of ether oxygens (including phenoxy) is 1. The van der Waals surface area contributed by atoms with Gasteiger partial charge in [-0.3, -0.25) is 0 Å². The SMILES string of the molecule is OCCc1ccc(SCCOCc2ccccc2)cc1. The van der Waals surface area contributed by atoms with Gasteiger partial charge in [0.2, 0.25) is 0 Å². The lowest BCUT2D eigenvalue weighted by Crippen LogP contribution is -1.97. The first kappa shape index (κ1) is 15.1. The van der Waals surface area contributed by atoms with Crippen LogP contribution >= 0.6 is 11.8 Å². The van der Waals surface area contributed by atoms with E-state index in [0.717, 1.165) is 18.8 Å². The lowest BCUT2D eigenvalue weighted by atomic mass is 10.2. The van der Waals surface area contributed by atoms with Crippen molar-refractivity contribution in [3.05, 3.63) is 65.7 Å². The first-order valence-electron chi connectivity index (χ1n) is 6.83. The number of benzene rings is 2. The molecule has 1 N–H and O–H groups in total. The van der Waals surface area contributed by atoms with Gasteiger partial charge in [0.1, 0.15) is 0 Å². The number of rotatable bonds is 8. The molecule has 0 aromatic heterocycles. The van der Waals surface area contributed by atoms with Crippen LogP contribution in [0.5, 0.6) is 0 Å². The predicted octanol–water partition coefficient (Wildman–Crippen LogP) is 3.53. The summed E-state index contributed by atoms with van der Waals surface area (Å²) in [6.07, 6.45) is 0.727. The zero-order valence-electron chi connectivity index (χ0n) is 11.5. The van der Waals surface area contributed by atoms with Crippen molar-refractivity contribution in [1.29, 1.82) is 0 Å². The van der Waals surface area contributed by atoms with Crippen molar-refractivity contribution in [3.8, 4) is 0 Å². The van der Waals surface area contributed by atoms with Gasteiger partial charge in [0.05, 0.1) is 13.2 Å². The van der Waals surface area contributed by atoms with E-state index in [1.54, 1.807) is 11.8 Å². The monoisotopic (exact) mass is 288 g/mol. The van der Waals surface area contributed by atoms with Gasteiger partial charge in [-0.05, 0) is 29.7 Å². The molecule has 0 aliphatic rings. The Balaban J connectivity index is 1.63. The first-order chi connectivity index (χ1) is 9.88. The molecule has 106 valence electrons. The third-order valence-electron chi connectivity index (χ3n) is 2.93. The van der Waals surface area contributed by atoms with Crippen molar-refractivity contribution in [2.75, 3.05) is 19.0 Å². The van der Waals surface area contributed by atoms with E-state index in [2.05, 4.69) is 36.4 Å². The summed E-state index contributed by atoms with van der Waals surface area (Å²) in [7, 11) is 0. The largest absolute Gasteiger partial charge is 0.396 e. The van der Waals surface area contributed by atoms with Gasteiger partial charge in [-0.25, -0.2) is 0 Å². The lowest BCUT2D eigenvalue weighted by molar-refractivity contribution is 0.136. The van der Waals surface area contributed by atoms with Crippen LogP contribution in [0.1, 0.15) is 11.1 Å². The molecule has 2 rings (SSSR count). The molecule has 0 aliphatic heterocycles. The summed E-state index contributed by atoms with van der Waals surface area (Å²) >= 11 is 1.79. The highest BCUT2D eigenvalue weighted by Crippen LogP contribution is 2.18. The summed E-state index contributed by atoms with van der Waals surface area (Å²) in [6.45, 7) is 1.63. The zero-order valence-corrected chi connectivity index (χ0v) is 12.3. The molecule has 0 spiro atoms. The van der Waals surface area contributed by atoms with Crippen LogP contribution in [0.25, 0.3) is 0 Å². The van der Waals surface area contributed by atoms with Crippen LogP contribution in [0.4, 0.5) is 0 Å². The van der Waals surface area contributed by atoms with E-state index in [1.165, 1.54) is 16.0 Å². The Morgan fingerprint density at radius 1 is 0.900 bits per heavy atom. The second-order valence-electron chi connectivity index (χ2n) is 4.50. The molecule has 0 fully saturated rings. The van der Waals surface area contributed by atoms with Crippen molar-refractivity contribution < 1.29 is 9.84 Å². The normalized spacial score (nSPS) is 10.7. The summed E-state index contributed by atoms with van der Waals surface area (Å²) < 4.78 is 5.65. The van der Waals surface area contributed by atoms with E-state index >= 15 is 0 Å². The fourth-order valence-corrected chi connectivity index (χ4v) is 2.63. The van der Waals surface area contributed by atoms with E-state index in [9.17, 15) is 0 Å². The Morgan fingerprint density at radius 2 is 1.65 bits per heavy atom. The topological polar surface area (TPSA) is 29.5 Å². The maximum Gasteiger partial charge on any atom is 0.0717 e. The summed E-state index contributed by atoms with van der Waals surface area (Å²) in [5, 5.41) is 8.86. The van der Waals surface area contributed by atoms with Gasteiger partial charge < -0.3 is 9.84 Å². The Labute approximate surface area is 124 Å². The molecule has 2 aromatic rings. The molecular formula is C17H20O2S. The highest BCUT2D eigenvalue weighted by molar-refractivity contribution is 7.99. The van der Waals surface area contributed by atoms with Crippen LogP contribution < -0.4 is 0 Å². The van der Waals surface area contributed by atoms with Crippen LogP contribution in [0.3, 0.4) is 0 Å². The number of thioether (sulfide) groups is 1. The predicted molar refractivity (Wildman–Crippen MR) is 84.1 cm³/mol. The van der Waals surface area contributed by atoms with Gasteiger partial charge in [-0.15, -0.1) is 11.8 Å². The molecule has 0 radical (unpaired) electrons. The van der Waals surface area contributed by atoms with Gasteiger partial charge in [0, 0.05) is 17.3 Å². The standard InChI is InChI=1S/C17H20O2S/c18-11-10-15-6-8-17(9-7-15)20-13-12-19-14-16-4-2-1-3-5-16/h1-9,18H,10-14H2. The minimum Gasteiger partial charge on any atom is -0.396 e. The van der Waals surface area contributed by atoms with Crippen molar-refractivity contribution in [2.45, 2.75) is 17.9 Å². The van der Waals surface area contributed by atoms with Crippen LogP contribution in [-0.4, -0.2) is 24.1 Å². The first-order valence-corrected chi connectivity index (χ1v) is 7.81. The number of hydrogen-bond donors (Lipinski definition) is 1. The van der Waals surface area contributed by atoms with E-state index < -0.39 is 0 Å². The Kier molecular flexibility index (Phi) is 6.64. The van der Waals surface area contributed by atoms with Crippen LogP contribution in [0, 0.1) is 0 Å². The minimum absolute atomic E-state index is 0.208. The molecule has 0 atom stereocenters. The zero-order chi connectivity index (χ0) is 14.0. The highest BCUT2D eigenvalue weighted by atomic mass is 32.2. The minimum atomic E-state index is 0.208. The van der Waals surface area contributed by atoms with Gasteiger partial charge in [0.25, 0.3) is 0 Å². The average Bonchev–Trinajstić information content (AvgIpc) is 2.50. The van der Waals surface area contributed by atoms with Crippen molar-refractivity contribution in [3.63, 3.8) is 0 Å². The Hall–Kier alpha value is -1.29. The highest BCUT2D eigenvalue weighted by Gasteiger charge is 1.97. The maximum atomic E-state index is 8.86. The summed E-state index contributed by atoms with van der Waals surface area (Å²) in [6, 6.07) is 18.6. The second-order valence-corrected chi connectivity index (χ2v) is 5.67. The molecule has 3 heteroatoms. The quantitative estimate of drug-likeness (QED) is 0.595. The molecule has 2 aromatic carbocycles. The lowest BCUT2D eigenvalue weighted by Gasteiger charge is -2.05. The van der Waals surface area contributed by atoms with E-state index in [1.807, 2.05) is 18.2 Å². The van der Waals surface area contributed by atoms with Gasteiger partial charge >= 0.3 is 0 Å². The van der Waals surface area contributed by atoms with Gasteiger partial charge in [-0.2, -0.15) is 0 Å². The van der Waals surface area contributed by atoms with E-state index in [-0.39, 0.29) is 6.61 Å². The number of hydrogen-bond acceptors (Lipinski definition) is 3.